The standard InChI is InChI=1S/C17H27N3O/c1-19-16(12-13-18-19)17(21)20(14-8-4-2-5-9-14)15-10-6-3-7-11-15/h12-15H,2-11H2,1H3. The minimum Gasteiger partial charge on any atom is -0.331 e. The van der Waals surface area contributed by atoms with E-state index in [0.29, 0.717) is 12.1 Å². The lowest BCUT2D eigenvalue weighted by atomic mass is 9.88. The molecular weight excluding hydrogens is 262 g/mol. The van der Waals surface area contributed by atoms with Crippen molar-refractivity contribution in [3.63, 3.8) is 0 Å². The van der Waals surface area contributed by atoms with E-state index >= 15 is 0 Å². The van der Waals surface area contributed by atoms with Gasteiger partial charge in [0.2, 0.25) is 0 Å². The van der Waals surface area contributed by atoms with Gasteiger partial charge in [-0.3, -0.25) is 9.48 Å². The smallest absolute Gasteiger partial charge is 0.272 e. The SMILES string of the molecule is Cn1nccc1C(=O)N(C1CCCCC1)C1CCCCC1. The van der Waals surface area contributed by atoms with Gasteiger partial charge in [-0.15, -0.1) is 0 Å². The minimum atomic E-state index is 0.203. The lowest BCUT2D eigenvalue weighted by molar-refractivity contribution is 0.0437. The predicted octanol–water partition coefficient (Wildman–Crippen LogP) is 3.53. The molecule has 2 fully saturated rings. The summed E-state index contributed by atoms with van der Waals surface area (Å²) in [5, 5.41) is 4.18. The van der Waals surface area contributed by atoms with Gasteiger partial charge in [0, 0.05) is 25.3 Å². The molecule has 0 N–H and O–H groups in total. The Labute approximate surface area is 127 Å². The van der Waals surface area contributed by atoms with E-state index in [4.69, 9.17) is 0 Å². The van der Waals surface area contributed by atoms with Gasteiger partial charge >= 0.3 is 0 Å². The molecule has 0 spiro atoms. The van der Waals surface area contributed by atoms with Crippen LogP contribution in [0.1, 0.15) is 74.7 Å². The Kier molecular flexibility index (Phi) is 4.61. The van der Waals surface area contributed by atoms with Crippen LogP contribution in [0.4, 0.5) is 0 Å². The molecule has 2 aliphatic rings. The molecule has 1 amide bonds. The second kappa shape index (κ2) is 6.63. The van der Waals surface area contributed by atoms with E-state index in [0.717, 1.165) is 5.69 Å². The fourth-order valence-corrected chi connectivity index (χ4v) is 4.06. The molecule has 0 atom stereocenters. The average Bonchev–Trinajstić information content (AvgIpc) is 2.96. The van der Waals surface area contributed by atoms with Gasteiger partial charge in [-0.1, -0.05) is 38.5 Å². The van der Waals surface area contributed by atoms with Crippen molar-refractivity contribution < 1.29 is 4.79 Å². The molecule has 116 valence electrons. The van der Waals surface area contributed by atoms with Crippen LogP contribution in [0.3, 0.4) is 0 Å². The van der Waals surface area contributed by atoms with Crippen molar-refractivity contribution in [1.82, 2.24) is 14.7 Å². The Hall–Kier alpha value is -1.32. The van der Waals surface area contributed by atoms with Gasteiger partial charge in [-0.2, -0.15) is 5.10 Å². The number of amides is 1. The molecule has 0 aliphatic heterocycles. The third-order valence-corrected chi connectivity index (χ3v) is 5.21. The number of rotatable bonds is 3. The molecule has 4 nitrogen and oxygen atoms in total. The Balaban J connectivity index is 1.83. The minimum absolute atomic E-state index is 0.203. The number of aromatic nitrogens is 2. The summed E-state index contributed by atoms with van der Waals surface area (Å²) in [6.07, 6.45) is 14.2. The van der Waals surface area contributed by atoms with Crippen LogP contribution in [0.2, 0.25) is 0 Å². The first-order valence-electron chi connectivity index (χ1n) is 8.58. The number of hydrogen-bond acceptors (Lipinski definition) is 2. The molecular formula is C17H27N3O. The van der Waals surface area contributed by atoms with Gasteiger partial charge in [0.15, 0.2) is 0 Å². The van der Waals surface area contributed by atoms with Crippen LogP contribution in [-0.4, -0.2) is 32.7 Å². The number of aryl methyl sites for hydroxylation is 1. The molecule has 2 saturated carbocycles. The van der Waals surface area contributed by atoms with Crippen LogP contribution >= 0.6 is 0 Å². The van der Waals surface area contributed by atoms with Gasteiger partial charge in [-0.05, 0) is 31.7 Å². The highest BCUT2D eigenvalue weighted by molar-refractivity contribution is 5.93. The molecule has 0 bridgehead atoms. The molecule has 0 radical (unpaired) electrons. The number of carbonyl (C=O) groups is 1. The zero-order valence-electron chi connectivity index (χ0n) is 13.1. The van der Waals surface area contributed by atoms with Crippen molar-refractivity contribution in [1.29, 1.82) is 0 Å². The van der Waals surface area contributed by atoms with Gasteiger partial charge in [0.05, 0.1) is 0 Å². The summed E-state index contributed by atoms with van der Waals surface area (Å²) in [6.45, 7) is 0. The first kappa shape index (κ1) is 14.6. The second-order valence-electron chi connectivity index (χ2n) is 6.64. The molecule has 1 aromatic rings. The lowest BCUT2D eigenvalue weighted by Crippen LogP contribution is -2.49. The molecule has 21 heavy (non-hydrogen) atoms. The highest BCUT2D eigenvalue weighted by atomic mass is 16.2. The molecule has 2 aliphatic carbocycles. The van der Waals surface area contributed by atoms with Crippen LogP contribution in [0.15, 0.2) is 12.3 Å². The molecule has 3 rings (SSSR count). The van der Waals surface area contributed by atoms with Crippen molar-refractivity contribution in [3.8, 4) is 0 Å². The highest BCUT2D eigenvalue weighted by Crippen LogP contribution is 2.31. The first-order valence-corrected chi connectivity index (χ1v) is 8.58. The summed E-state index contributed by atoms with van der Waals surface area (Å²) in [5.41, 5.74) is 0.742. The summed E-state index contributed by atoms with van der Waals surface area (Å²) < 4.78 is 1.72. The maximum Gasteiger partial charge on any atom is 0.272 e. The van der Waals surface area contributed by atoms with Crippen LogP contribution in [0, 0.1) is 0 Å². The summed E-state index contributed by atoms with van der Waals surface area (Å²) in [5.74, 6) is 0.203. The predicted molar refractivity (Wildman–Crippen MR) is 83.1 cm³/mol. The Morgan fingerprint density at radius 1 is 1.05 bits per heavy atom. The third-order valence-electron chi connectivity index (χ3n) is 5.21. The van der Waals surface area contributed by atoms with Crippen molar-refractivity contribution in [2.45, 2.75) is 76.3 Å². The van der Waals surface area contributed by atoms with E-state index in [9.17, 15) is 4.79 Å². The van der Waals surface area contributed by atoms with Crippen molar-refractivity contribution in [2.24, 2.45) is 7.05 Å². The van der Waals surface area contributed by atoms with Gasteiger partial charge in [-0.25, -0.2) is 0 Å². The quantitative estimate of drug-likeness (QED) is 0.853. The highest BCUT2D eigenvalue weighted by Gasteiger charge is 2.33. The van der Waals surface area contributed by atoms with Gasteiger partial charge in [0.25, 0.3) is 5.91 Å². The van der Waals surface area contributed by atoms with Gasteiger partial charge in [0.1, 0.15) is 5.69 Å². The van der Waals surface area contributed by atoms with Crippen LogP contribution < -0.4 is 0 Å². The zero-order valence-corrected chi connectivity index (χ0v) is 13.1. The monoisotopic (exact) mass is 289 g/mol. The topological polar surface area (TPSA) is 38.1 Å². The summed E-state index contributed by atoms with van der Waals surface area (Å²) in [6, 6.07) is 2.76. The summed E-state index contributed by atoms with van der Waals surface area (Å²) >= 11 is 0. The molecule has 1 heterocycles. The normalized spacial score (nSPS) is 21.4. The summed E-state index contributed by atoms with van der Waals surface area (Å²) in [7, 11) is 1.87. The van der Waals surface area contributed by atoms with Crippen LogP contribution in [0.5, 0.6) is 0 Å². The Morgan fingerprint density at radius 3 is 2.00 bits per heavy atom. The first-order chi connectivity index (χ1) is 10.3. The van der Waals surface area contributed by atoms with E-state index in [1.54, 1.807) is 10.9 Å². The van der Waals surface area contributed by atoms with Crippen molar-refractivity contribution in [3.05, 3.63) is 18.0 Å². The molecule has 1 aromatic heterocycles. The number of carbonyl (C=O) groups excluding carboxylic acids is 1. The Morgan fingerprint density at radius 2 is 1.57 bits per heavy atom. The number of hydrogen-bond donors (Lipinski definition) is 0. The fraction of sp³-hybridized carbons (Fsp3) is 0.765. The molecule has 0 unspecified atom stereocenters. The van der Waals surface area contributed by atoms with Crippen LogP contribution in [-0.2, 0) is 7.05 Å². The fourth-order valence-electron chi connectivity index (χ4n) is 4.06. The van der Waals surface area contributed by atoms with E-state index in [1.807, 2.05) is 13.1 Å². The van der Waals surface area contributed by atoms with Crippen molar-refractivity contribution >= 4 is 5.91 Å². The van der Waals surface area contributed by atoms with Crippen LogP contribution in [0.25, 0.3) is 0 Å². The largest absolute Gasteiger partial charge is 0.331 e. The number of nitrogens with zero attached hydrogens (tertiary/aromatic N) is 3. The second-order valence-corrected chi connectivity index (χ2v) is 6.64. The van der Waals surface area contributed by atoms with E-state index in [-0.39, 0.29) is 5.91 Å². The maximum absolute atomic E-state index is 13.1. The maximum atomic E-state index is 13.1. The molecule has 4 heteroatoms. The summed E-state index contributed by atoms with van der Waals surface area (Å²) in [4.78, 5) is 15.3. The Bertz CT molecular complexity index is 452. The van der Waals surface area contributed by atoms with E-state index < -0.39 is 0 Å². The zero-order chi connectivity index (χ0) is 14.7. The van der Waals surface area contributed by atoms with E-state index in [2.05, 4.69) is 10.00 Å². The molecule has 0 aromatic carbocycles. The van der Waals surface area contributed by atoms with E-state index in [1.165, 1.54) is 64.2 Å². The lowest BCUT2D eigenvalue weighted by Gasteiger charge is -2.41. The average molecular weight is 289 g/mol. The van der Waals surface area contributed by atoms with Gasteiger partial charge < -0.3 is 4.90 Å². The third kappa shape index (κ3) is 3.14. The van der Waals surface area contributed by atoms with Crippen molar-refractivity contribution in [2.75, 3.05) is 0 Å². The molecule has 0 saturated heterocycles.